The predicted molar refractivity (Wildman–Crippen MR) is 85.3 cm³/mol. The molecule has 1 aromatic carbocycles. The molecule has 1 aromatic rings. The lowest BCUT2D eigenvalue weighted by atomic mass is 9.89. The van der Waals surface area contributed by atoms with Crippen LogP contribution in [0.2, 0.25) is 0 Å². The van der Waals surface area contributed by atoms with Crippen molar-refractivity contribution in [3.63, 3.8) is 0 Å². The molecule has 23 heavy (non-hydrogen) atoms. The number of nitrogens with zero attached hydrogens (tertiary/aromatic N) is 2. The van der Waals surface area contributed by atoms with Crippen LogP contribution >= 0.6 is 0 Å². The minimum atomic E-state index is -0.673. The van der Waals surface area contributed by atoms with Gasteiger partial charge in [-0.3, -0.25) is 14.9 Å². The third-order valence-corrected chi connectivity index (χ3v) is 4.19. The number of carbonyl (C=O) groups is 1. The van der Waals surface area contributed by atoms with E-state index < -0.39 is 11.0 Å². The average Bonchev–Trinajstić information content (AvgIpc) is 2.55. The molecule has 0 bridgehead atoms. The summed E-state index contributed by atoms with van der Waals surface area (Å²) in [5.41, 5.74) is 1.02. The quantitative estimate of drug-likeness (QED) is 0.490. The number of nitro groups is 1. The van der Waals surface area contributed by atoms with Crippen molar-refractivity contribution in [3.05, 3.63) is 34.4 Å². The van der Waals surface area contributed by atoms with Crippen LogP contribution in [0.4, 0.5) is 11.4 Å². The minimum Gasteiger partial charge on any atom is -0.466 e. The maximum absolute atomic E-state index is 11.4. The second-order valence-corrected chi connectivity index (χ2v) is 5.67. The van der Waals surface area contributed by atoms with Gasteiger partial charge in [0.15, 0.2) is 0 Å². The lowest BCUT2D eigenvalue weighted by Crippen LogP contribution is -2.38. The van der Waals surface area contributed by atoms with Gasteiger partial charge >= 0.3 is 5.97 Å². The number of anilines is 1. The number of non-ortho nitro benzene ring substituents is 1. The molecule has 0 amide bonds. The van der Waals surface area contributed by atoms with Gasteiger partial charge in [-0.15, -0.1) is 0 Å². The fourth-order valence-corrected chi connectivity index (χ4v) is 2.88. The van der Waals surface area contributed by atoms with Crippen LogP contribution in [0.1, 0.15) is 26.2 Å². The van der Waals surface area contributed by atoms with E-state index in [2.05, 4.69) is 4.90 Å². The number of aliphatic hydroxyl groups excluding tert-OH is 1. The summed E-state index contributed by atoms with van der Waals surface area (Å²) < 4.78 is 4.86. The summed E-state index contributed by atoms with van der Waals surface area (Å²) in [6.07, 6.45) is 0.915. The summed E-state index contributed by atoms with van der Waals surface area (Å²) in [6, 6.07) is 6.48. The Morgan fingerprint density at radius 2 is 2.00 bits per heavy atom. The summed E-state index contributed by atoms with van der Waals surface area (Å²) in [6.45, 7) is 3.57. The van der Waals surface area contributed by atoms with E-state index >= 15 is 0 Å². The van der Waals surface area contributed by atoms with Crippen LogP contribution in [-0.4, -0.2) is 41.8 Å². The van der Waals surface area contributed by atoms with Crippen LogP contribution in [0.15, 0.2) is 24.3 Å². The predicted octanol–water partition coefficient (Wildman–Crippen LogP) is 2.13. The molecule has 0 aliphatic carbocycles. The Morgan fingerprint density at radius 1 is 1.39 bits per heavy atom. The maximum atomic E-state index is 11.4. The van der Waals surface area contributed by atoms with Crippen molar-refractivity contribution in [1.29, 1.82) is 0 Å². The molecule has 0 spiro atoms. The molecule has 1 unspecified atom stereocenters. The number of hydrogen-bond donors (Lipinski definition) is 1. The molecule has 1 aliphatic heterocycles. The van der Waals surface area contributed by atoms with Gasteiger partial charge in [-0.25, -0.2) is 0 Å². The summed E-state index contributed by atoms with van der Waals surface area (Å²) in [4.78, 5) is 23.8. The number of esters is 1. The molecule has 1 atom stereocenters. The Hall–Kier alpha value is -2.15. The SMILES string of the molecule is CCOC(=O)CC(O)C1CCN(c2ccc([N+](=O)[O-])cc2)CC1. The Balaban J connectivity index is 1.85. The van der Waals surface area contributed by atoms with Crippen molar-refractivity contribution < 1.29 is 19.6 Å². The van der Waals surface area contributed by atoms with Gasteiger partial charge in [0.1, 0.15) is 0 Å². The van der Waals surface area contributed by atoms with E-state index in [1.54, 1.807) is 19.1 Å². The first-order valence-electron chi connectivity index (χ1n) is 7.84. The molecule has 126 valence electrons. The Bertz CT molecular complexity index is 538. The van der Waals surface area contributed by atoms with E-state index in [1.165, 1.54) is 12.1 Å². The molecule has 0 aromatic heterocycles. The molecule has 1 N–H and O–H groups in total. The number of ether oxygens (including phenoxy) is 1. The number of hydrogen-bond acceptors (Lipinski definition) is 6. The smallest absolute Gasteiger partial charge is 0.308 e. The number of rotatable bonds is 6. The van der Waals surface area contributed by atoms with Crippen molar-refractivity contribution in [2.24, 2.45) is 5.92 Å². The Kier molecular flexibility index (Phi) is 5.92. The third-order valence-electron chi connectivity index (χ3n) is 4.19. The highest BCUT2D eigenvalue weighted by atomic mass is 16.6. The largest absolute Gasteiger partial charge is 0.466 e. The third kappa shape index (κ3) is 4.66. The van der Waals surface area contributed by atoms with E-state index in [9.17, 15) is 20.0 Å². The van der Waals surface area contributed by atoms with Crippen molar-refractivity contribution in [2.75, 3.05) is 24.6 Å². The zero-order valence-electron chi connectivity index (χ0n) is 13.2. The number of piperidine rings is 1. The molecule has 7 nitrogen and oxygen atoms in total. The fourth-order valence-electron chi connectivity index (χ4n) is 2.88. The van der Waals surface area contributed by atoms with Crippen LogP contribution in [0.5, 0.6) is 0 Å². The molecule has 1 saturated heterocycles. The van der Waals surface area contributed by atoms with Gasteiger partial charge in [-0.1, -0.05) is 0 Å². The van der Waals surface area contributed by atoms with Gasteiger partial charge in [0.05, 0.1) is 24.1 Å². The number of carbonyl (C=O) groups excluding carboxylic acids is 1. The molecule has 1 heterocycles. The maximum Gasteiger partial charge on any atom is 0.308 e. The highest BCUT2D eigenvalue weighted by molar-refractivity contribution is 5.69. The molecule has 0 saturated carbocycles. The molecule has 2 rings (SSSR count). The van der Waals surface area contributed by atoms with Crippen LogP contribution in [0.3, 0.4) is 0 Å². The van der Waals surface area contributed by atoms with Crippen molar-refractivity contribution in [2.45, 2.75) is 32.3 Å². The van der Waals surface area contributed by atoms with Crippen LogP contribution in [-0.2, 0) is 9.53 Å². The first kappa shape index (κ1) is 17.2. The topological polar surface area (TPSA) is 92.9 Å². The molecule has 7 heteroatoms. The molecule has 1 fully saturated rings. The highest BCUT2D eigenvalue weighted by Crippen LogP contribution is 2.27. The zero-order valence-corrected chi connectivity index (χ0v) is 13.2. The van der Waals surface area contributed by atoms with Crippen molar-refractivity contribution in [1.82, 2.24) is 0 Å². The van der Waals surface area contributed by atoms with Gasteiger partial charge in [0, 0.05) is 30.9 Å². The van der Waals surface area contributed by atoms with Crippen molar-refractivity contribution in [3.8, 4) is 0 Å². The molecular weight excluding hydrogens is 300 g/mol. The van der Waals surface area contributed by atoms with E-state index in [0.29, 0.717) is 6.61 Å². The first-order chi connectivity index (χ1) is 11.0. The molecular formula is C16H22N2O5. The fraction of sp³-hybridized carbons (Fsp3) is 0.562. The van der Waals surface area contributed by atoms with Crippen LogP contribution < -0.4 is 4.90 Å². The summed E-state index contributed by atoms with van der Waals surface area (Å²) in [5, 5.41) is 20.8. The minimum absolute atomic E-state index is 0.0377. The second kappa shape index (κ2) is 7.92. The van der Waals surface area contributed by atoms with Crippen molar-refractivity contribution >= 4 is 17.3 Å². The van der Waals surface area contributed by atoms with Gasteiger partial charge in [0.2, 0.25) is 0 Å². The Morgan fingerprint density at radius 3 is 2.52 bits per heavy atom. The number of aliphatic hydroxyl groups is 1. The summed E-state index contributed by atoms with van der Waals surface area (Å²) in [7, 11) is 0. The monoisotopic (exact) mass is 322 g/mol. The van der Waals surface area contributed by atoms with Gasteiger partial charge in [-0.2, -0.15) is 0 Å². The van der Waals surface area contributed by atoms with E-state index in [-0.39, 0.29) is 24.0 Å². The van der Waals surface area contributed by atoms with Gasteiger partial charge < -0.3 is 14.7 Å². The highest BCUT2D eigenvalue weighted by Gasteiger charge is 2.27. The normalized spacial score (nSPS) is 16.9. The zero-order chi connectivity index (χ0) is 16.8. The molecule has 1 aliphatic rings. The van der Waals surface area contributed by atoms with E-state index in [1.807, 2.05) is 0 Å². The van der Waals surface area contributed by atoms with Crippen LogP contribution in [0.25, 0.3) is 0 Å². The number of nitro benzene ring substituents is 1. The first-order valence-corrected chi connectivity index (χ1v) is 7.84. The molecule has 0 radical (unpaired) electrons. The second-order valence-electron chi connectivity index (χ2n) is 5.67. The van der Waals surface area contributed by atoms with Crippen LogP contribution in [0, 0.1) is 16.0 Å². The lowest BCUT2D eigenvalue weighted by Gasteiger charge is -2.35. The summed E-state index contributed by atoms with van der Waals surface area (Å²) >= 11 is 0. The Labute approximate surface area is 135 Å². The average molecular weight is 322 g/mol. The standard InChI is InChI=1S/C16H22N2O5/c1-2-23-16(20)11-15(19)12-7-9-17(10-8-12)13-3-5-14(6-4-13)18(21)22/h3-6,12,15,19H,2,7-11H2,1H3. The van der Waals surface area contributed by atoms with Gasteiger partial charge in [-0.05, 0) is 37.8 Å². The van der Waals surface area contributed by atoms with E-state index in [4.69, 9.17) is 4.74 Å². The summed E-state index contributed by atoms with van der Waals surface area (Å²) in [5.74, 6) is -0.286. The van der Waals surface area contributed by atoms with E-state index in [0.717, 1.165) is 31.6 Å². The van der Waals surface area contributed by atoms with Gasteiger partial charge in [0.25, 0.3) is 5.69 Å². The number of benzene rings is 1. The lowest BCUT2D eigenvalue weighted by molar-refractivity contribution is -0.384.